The van der Waals surface area contributed by atoms with E-state index in [1.807, 2.05) is 35.2 Å². The van der Waals surface area contributed by atoms with Crippen LogP contribution in [-0.4, -0.2) is 67.2 Å². The maximum absolute atomic E-state index is 13.1. The first kappa shape index (κ1) is 19.7. The van der Waals surface area contributed by atoms with Gasteiger partial charge in [-0.15, -0.1) is 0 Å². The first-order valence-electron chi connectivity index (χ1n) is 10.5. The van der Waals surface area contributed by atoms with E-state index in [1.165, 1.54) is 6.92 Å². The lowest BCUT2D eigenvalue weighted by molar-refractivity contribution is -0.140. The number of piperazine rings is 1. The van der Waals surface area contributed by atoms with Crippen LogP contribution < -0.4 is 19.1 Å². The summed E-state index contributed by atoms with van der Waals surface area (Å²) >= 11 is 0. The fourth-order valence-electron chi connectivity index (χ4n) is 4.29. The molecule has 0 aromatic heterocycles. The molecule has 3 aliphatic rings. The van der Waals surface area contributed by atoms with Gasteiger partial charge in [-0.1, -0.05) is 18.2 Å². The maximum atomic E-state index is 13.1. The summed E-state index contributed by atoms with van der Waals surface area (Å²) < 4.78 is 16.8. The van der Waals surface area contributed by atoms with E-state index in [0.29, 0.717) is 24.5 Å². The minimum atomic E-state index is -0.681. The second-order valence-electron chi connectivity index (χ2n) is 7.99. The van der Waals surface area contributed by atoms with Crippen LogP contribution in [0, 0.1) is 0 Å². The average Bonchev–Trinajstić information content (AvgIpc) is 3.26. The maximum Gasteiger partial charge on any atom is 0.265 e. The van der Waals surface area contributed by atoms with Gasteiger partial charge in [-0.05, 0) is 29.8 Å². The van der Waals surface area contributed by atoms with Gasteiger partial charge in [0, 0.05) is 39.6 Å². The third kappa shape index (κ3) is 3.90. The average molecular weight is 423 g/mol. The van der Waals surface area contributed by atoms with Gasteiger partial charge in [0.25, 0.3) is 5.91 Å². The number of anilines is 1. The van der Waals surface area contributed by atoms with Crippen LogP contribution in [0.15, 0.2) is 42.5 Å². The summed E-state index contributed by atoms with van der Waals surface area (Å²) in [7, 11) is 0. The molecule has 8 heteroatoms. The first-order chi connectivity index (χ1) is 15.1. The number of fused-ring (bicyclic) bond motifs is 2. The number of benzene rings is 2. The summed E-state index contributed by atoms with van der Waals surface area (Å²) in [6.07, 6.45) is -0.681. The lowest BCUT2D eigenvalue weighted by Crippen LogP contribution is -2.56. The van der Waals surface area contributed by atoms with Gasteiger partial charge in [-0.25, -0.2) is 0 Å². The van der Waals surface area contributed by atoms with Gasteiger partial charge in [-0.2, -0.15) is 0 Å². The van der Waals surface area contributed by atoms with E-state index in [-0.39, 0.29) is 25.2 Å². The minimum Gasteiger partial charge on any atom is -0.476 e. The summed E-state index contributed by atoms with van der Waals surface area (Å²) in [5, 5.41) is 0. The number of hydrogen-bond donors (Lipinski definition) is 0. The summed E-state index contributed by atoms with van der Waals surface area (Å²) in [5.41, 5.74) is 1.88. The Morgan fingerprint density at radius 1 is 0.968 bits per heavy atom. The minimum absolute atomic E-state index is 0.0662. The van der Waals surface area contributed by atoms with Crippen LogP contribution in [0.1, 0.15) is 12.5 Å². The van der Waals surface area contributed by atoms with Crippen molar-refractivity contribution in [3.05, 3.63) is 48.0 Å². The van der Waals surface area contributed by atoms with Crippen molar-refractivity contribution < 1.29 is 23.8 Å². The Kier molecular flexibility index (Phi) is 5.15. The van der Waals surface area contributed by atoms with Crippen LogP contribution in [-0.2, 0) is 16.1 Å². The lowest BCUT2D eigenvalue weighted by Gasteiger charge is -2.39. The van der Waals surface area contributed by atoms with Gasteiger partial charge in [0.2, 0.25) is 12.7 Å². The van der Waals surface area contributed by atoms with Crippen LogP contribution in [0.4, 0.5) is 5.69 Å². The standard InChI is InChI=1S/C23H25N3O5/c1-16(27)26-14-22(31-19-5-3-2-4-18(19)26)23(28)25-10-8-24(9-11-25)13-17-6-7-20-21(12-17)30-15-29-20/h2-7,12,22H,8-11,13-15H2,1H3. The molecule has 1 fully saturated rings. The van der Waals surface area contributed by atoms with Crippen molar-refractivity contribution in [3.8, 4) is 17.2 Å². The Labute approximate surface area is 180 Å². The van der Waals surface area contributed by atoms with Crippen molar-refractivity contribution >= 4 is 17.5 Å². The molecule has 0 saturated carbocycles. The smallest absolute Gasteiger partial charge is 0.265 e. The highest BCUT2D eigenvalue weighted by atomic mass is 16.7. The second-order valence-corrected chi connectivity index (χ2v) is 7.99. The Balaban J connectivity index is 1.20. The number of nitrogens with zero attached hydrogens (tertiary/aromatic N) is 3. The van der Waals surface area contributed by atoms with Gasteiger partial charge >= 0.3 is 0 Å². The quantitative estimate of drug-likeness (QED) is 0.751. The fourth-order valence-corrected chi connectivity index (χ4v) is 4.29. The largest absolute Gasteiger partial charge is 0.476 e. The number of amides is 2. The monoisotopic (exact) mass is 423 g/mol. The predicted octanol–water partition coefficient (Wildman–Crippen LogP) is 1.87. The zero-order valence-electron chi connectivity index (χ0n) is 17.5. The molecule has 2 amide bonds. The number of ether oxygens (including phenoxy) is 3. The molecule has 5 rings (SSSR count). The normalized spacial score (nSPS) is 20.2. The van der Waals surface area contributed by atoms with Crippen LogP contribution in [0.2, 0.25) is 0 Å². The summed E-state index contributed by atoms with van der Waals surface area (Å²) in [4.78, 5) is 31.0. The Morgan fingerprint density at radius 3 is 2.55 bits per heavy atom. The topological polar surface area (TPSA) is 71.6 Å². The molecule has 0 aliphatic carbocycles. The van der Waals surface area contributed by atoms with Crippen LogP contribution in [0.3, 0.4) is 0 Å². The molecule has 3 heterocycles. The molecule has 1 unspecified atom stereocenters. The number of carbonyl (C=O) groups is 2. The summed E-state index contributed by atoms with van der Waals surface area (Å²) in [6.45, 7) is 5.63. The first-order valence-corrected chi connectivity index (χ1v) is 10.5. The van der Waals surface area contributed by atoms with E-state index in [9.17, 15) is 9.59 Å². The van der Waals surface area contributed by atoms with Crippen molar-refractivity contribution in [1.29, 1.82) is 0 Å². The fraction of sp³-hybridized carbons (Fsp3) is 0.391. The molecular weight excluding hydrogens is 398 g/mol. The summed E-state index contributed by atoms with van der Waals surface area (Å²) in [5.74, 6) is 1.98. The van der Waals surface area contributed by atoms with Gasteiger partial charge in [0.05, 0.1) is 12.2 Å². The SMILES string of the molecule is CC(=O)N1CC(C(=O)N2CCN(Cc3ccc4c(c3)OCO4)CC2)Oc2ccccc21. The molecule has 31 heavy (non-hydrogen) atoms. The molecule has 2 aromatic carbocycles. The Morgan fingerprint density at radius 2 is 1.74 bits per heavy atom. The molecule has 8 nitrogen and oxygen atoms in total. The molecule has 3 aliphatic heterocycles. The lowest BCUT2D eigenvalue weighted by atomic mass is 10.1. The molecule has 0 bridgehead atoms. The Hall–Kier alpha value is -3.26. The highest BCUT2D eigenvalue weighted by Crippen LogP contribution is 2.34. The van der Waals surface area contributed by atoms with E-state index in [1.54, 1.807) is 11.0 Å². The molecule has 0 N–H and O–H groups in total. The molecule has 162 valence electrons. The molecule has 1 saturated heterocycles. The third-order valence-corrected chi connectivity index (χ3v) is 5.96. The molecular formula is C23H25N3O5. The number of hydrogen-bond acceptors (Lipinski definition) is 6. The van der Waals surface area contributed by atoms with Crippen molar-refractivity contribution in [1.82, 2.24) is 9.80 Å². The highest BCUT2D eigenvalue weighted by molar-refractivity contribution is 5.95. The van der Waals surface area contributed by atoms with E-state index < -0.39 is 6.10 Å². The number of carbonyl (C=O) groups excluding carboxylic acids is 2. The molecule has 0 radical (unpaired) electrons. The number of rotatable bonds is 3. The van der Waals surface area contributed by atoms with Crippen molar-refractivity contribution in [3.63, 3.8) is 0 Å². The molecule has 2 aromatic rings. The van der Waals surface area contributed by atoms with Crippen LogP contribution in [0.5, 0.6) is 17.2 Å². The predicted molar refractivity (Wildman–Crippen MR) is 113 cm³/mol. The number of para-hydroxylation sites is 2. The van der Waals surface area contributed by atoms with E-state index in [0.717, 1.165) is 36.7 Å². The van der Waals surface area contributed by atoms with Gasteiger partial charge in [-0.3, -0.25) is 14.5 Å². The molecule has 0 spiro atoms. The van der Waals surface area contributed by atoms with Crippen LogP contribution >= 0.6 is 0 Å². The van der Waals surface area contributed by atoms with Gasteiger partial charge < -0.3 is 24.0 Å². The van der Waals surface area contributed by atoms with Crippen molar-refractivity contribution in [2.75, 3.05) is 44.4 Å². The van der Waals surface area contributed by atoms with E-state index in [4.69, 9.17) is 14.2 Å². The van der Waals surface area contributed by atoms with Gasteiger partial charge in [0.15, 0.2) is 17.6 Å². The molecule has 1 atom stereocenters. The van der Waals surface area contributed by atoms with E-state index in [2.05, 4.69) is 11.0 Å². The van der Waals surface area contributed by atoms with E-state index >= 15 is 0 Å². The van der Waals surface area contributed by atoms with Crippen LogP contribution in [0.25, 0.3) is 0 Å². The van der Waals surface area contributed by atoms with Crippen molar-refractivity contribution in [2.45, 2.75) is 19.6 Å². The van der Waals surface area contributed by atoms with Gasteiger partial charge in [0.1, 0.15) is 5.75 Å². The zero-order chi connectivity index (χ0) is 21.4. The summed E-state index contributed by atoms with van der Waals surface area (Å²) in [6, 6.07) is 13.4. The third-order valence-electron chi connectivity index (χ3n) is 5.96. The van der Waals surface area contributed by atoms with Crippen molar-refractivity contribution in [2.24, 2.45) is 0 Å². The zero-order valence-corrected chi connectivity index (χ0v) is 17.5. The Bertz CT molecular complexity index is 1000. The highest BCUT2D eigenvalue weighted by Gasteiger charge is 2.36. The second kappa shape index (κ2) is 8.11.